The second-order valence-electron chi connectivity index (χ2n) is 3.91. The zero-order valence-electron chi connectivity index (χ0n) is 8.75. The lowest BCUT2D eigenvalue weighted by Gasteiger charge is -2.20. The molecule has 1 aromatic carbocycles. The summed E-state index contributed by atoms with van der Waals surface area (Å²) in [6.07, 6.45) is 0. The SMILES string of the molecule is CC(C)(NCc1ccc(I)cc1)C(=O)O. The van der Waals surface area contributed by atoms with Crippen molar-refractivity contribution in [2.75, 3.05) is 0 Å². The molecule has 0 amide bonds. The summed E-state index contributed by atoms with van der Waals surface area (Å²) in [5.41, 5.74) is 0.202. The fraction of sp³-hybridized carbons (Fsp3) is 0.364. The summed E-state index contributed by atoms with van der Waals surface area (Å²) in [5, 5.41) is 11.9. The van der Waals surface area contributed by atoms with E-state index in [1.54, 1.807) is 13.8 Å². The minimum Gasteiger partial charge on any atom is -0.480 e. The van der Waals surface area contributed by atoms with Crippen LogP contribution >= 0.6 is 22.6 Å². The smallest absolute Gasteiger partial charge is 0.323 e. The van der Waals surface area contributed by atoms with Crippen LogP contribution in [0.1, 0.15) is 19.4 Å². The van der Waals surface area contributed by atoms with Crippen molar-refractivity contribution in [1.29, 1.82) is 0 Å². The van der Waals surface area contributed by atoms with Gasteiger partial charge in [-0.25, -0.2) is 0 Å². The summed E-state index contributed by atoms with van der Waals surface area (Å²) in [6.45, 7) is 3.88. The van der Waals surface area contributed by atoms with Crippen LogP contribution in [0, 0.1) is 3.57 Å². The van der Waals surface area contributed by atoms with Crippen LogP contribution in [0.5, 0.6) is 0 Å². The molecular weight excluding hydrogens is 305 g/mol. The van der Waals surface area contributed by atoms with Crippen molar-refractivity contribution in [3.05, 3.63) is 33.4 Å². The van der Waals surface area contributed by atoms with Crippen LogP contribution in [0.4, 0.5) is 0 Å². The Hall–Kier alpha value is -0.620. The van der Waals surface area contributed by atoms with Gasteiger partial charge in [0.25, 0.3) is 0 Å². The monoisotopic (exact) mass is 319 g/mol. The molecule has 0 aromatic heterocycles. The number of hydrogen-bond acceptors (Lipinski definition) is 2. The Balaban J connectivity index is 2.57. The van der Waals surface area contributed by atoms with E-state index >= 15 is 0 Å². The lowest BCUT2D eigenvalue weighted by molar-refractivity contribution is -0.143. The molecule has 0 bridgehead atoms. The molecule has 0 radical (unpaired) electrons. The third kappa shape index (κ3) is 3.79. The van der Waals surface area contributed by atoms with Crippen molar-refractivity contribution < 1.29 is 9.90 Å². The summed E-state index contributed by atoms with van der Waals surface area (Å²) >= 11 is 2.24. The predicted octanol–water partition coefficient (Wildman–Crippen LogP) is 2.24. The fourth-order valence-electron chi connectivity index (χ4n) is 1.00. The summed E-state index contributed by atoms with van der Waals surface area (Å²) in [4.78, 5) is 10.8. The van der Waals surface area contributed by atoms with Gasteiger partial charge in [-0.1, -0.05) is 12.1 Å². The molecule has 0 aliphatic carbocycles. The molecule has 0 atom stereocenters. The number of carboxylic acid groups (broad SMARTS) is 1. The van der Waals surface area contributed by atoms with E-state index < -0.39 is 11.5 Å². The van der Waals surface area contributed by atoms with Gasteiger partial charge in [0.05, 0.1) is 0 Å². The van der Waals surface area contributed by atoms with Gasteiger partial charge >= 0.3 is 5.97 Å². The van der Waals surface area contributed by atoms with Crippen molar-refractivity contribution in [2.24, 2.45) is 0 Å². The summed E-state index contributed by atoms with van der Waals surface area (Å²) < 4.78 is 1.17. The number of halogens is 1. The quantitative estimate of drug-likeness (QED) is 0.837. The number of nitrogens with one attached hydrogen (secondary N) is 1. The van der Waals surface area contributed by atoms with Crippen LogP contribution < -0.4 is 5.32 Å². The Morgan fingerprint density at radius 1 is 1.40 bits per heavy atom. The van der Waals surface area contributed by atoms with E-state index in [0.29, 0.717) is 6.54 Å². The van der Waals surface area contributed by atoms with E-state index in [1.165, 1.54) is 3.57 Å². The van der Waals surface area contributed by atoms with E-state index in [-0.39, 0.29) is 0 Å². The Kier molecular flexibility index (Phi) is 4.10. The van der Waals surface area contributed by atoms with Crippen LogP contribution in [-0.2, 0) is 11.3 Å². The van der Waals surface area contributed by atoms with Gasteiger partial charge in [0.1, 0.15) is 5.54 Å². The molecule has 0 heterocycles. The first-order chi connectivity index (χ1) is 6.92. The van der Waals surface area contributed by atoms with E-state index in [1.807, 2.05) is 24.3 Å². The molecular formula is C11H14INO2. The molecule has 4 heteroatoms. The van der Waals surface area contributed by atoms with Crippen LogP contribution in [-0.4, -0.2) is 16.6 Å². The lowest BCUT2D eigenvalue weighted by Crippen LogP contribution is -2.46. The van der Waals surface area contributed by atoms with Gasteiger partial charge in [0, 0.05) is 10.1 Å². The van der Waals surface area contributed by atoms with Crippen molar-refractivity contribution in [1.82, 2.24) is 5.32 Å². The van der Waals surface area contributed by atoms with Gasteiger partial charge in [-0.2, -0.15) is 0 Å². The second kappa shape index (κ2) is 4.94. The minimum absolute atomic E-state index is 0.566. The number of hydrogen-bond donors (Lipinski definition) is 2. The van der Waals surface area contributed by atoms with E-state index in [0.717, 1.165) is 5.56 Å². The average Bonchev–Trinajstić information content (AvgIpc) is 2.17. The first kappa shape index (κ1) is 12.4. The van der Waals surface area contributed by atoms with Gasteiger partial charge in [-0.3, -0.25) is 10.1 Å². The molecule has 1 rings (SSSR count). The average molecular weight is 319 g/mol. The molecule has 1 aromatic rings. The highest BCUT2D eigenvalue weighted by molar-refractivity contribution is 14.1. The molecule has 0 saturated carbocycles. The summed E-state index contributed by atoms with van der Waals surface area (Å²) in [7, 11) is 0. The van der Waals surface area contributed by atoms with Crippen molar-refractivity contribution in [3.8, 4) is 0 Å². The van der Waals surface area contributed by atoms with E-state index in [2.05, 4.69) is 27.9 Å². The zero-order valence-corrected chi connectivity index (χ0v) is 10.9. The number of aliphatic carboxylic acids is 1. The first-order valence-electron chi connectivity index (χ1n) is 4.65. The van der Waals surface area contributed by atoms with Crippen LogP contribution in [0.2, 0.25) is 0 Å². The van der Waals surface area contributed by atoms with Gasteiger partial charge in [0.2, 0.25) is 0 Å². The molecule has 0 aliphatic heterocycles. The second-order valence-corrected chi connectivity index (χ2v) is 5.16. The molecule has 82 valence electrons. The van der Waals surface area contributed by atoms with Crippen LogP contribution in [0.15, 0.2) is 24.3 Å². The number of rotatable bonds is 4. The largest absolute Gasteiger partial charge is 0.480 e. The maximum Gasteiger partial charge on any atom is 0.323 e. The van der Waals surface area contributed by atoms with Gasteiger partial charge in [-0.15, -0.1) is 0 Å². The molecule has 15 heavy (non-hydrogen) atoms. The van der Waals surface area contributed by atoms with Gasteiger partial charge < -0.3 is 5.11 Å². The molecule has 0 saturated heterocycles. The number of benzene rings is 1. The summed E-state index contributed by atoms with van der Waals surface area (Å²) in [6, 6.07) is 8.00. The molecule has 3 nitrogen and oxygen atoms in total. The van der Waals surface area contributed by atoms with Crippen LogP contribution in [0.25, 0.3) is 0 Å². The Labute approximate surface area is 103 Å². The number of carboxylic acids is 1. The minimum atomic E-state index is -0.886. The first-order valence-corrected chi connectivity index (χ1v) is 5.72. The lowest BCUT2D eigenvalue weighted by atomic mass is 10.1. The van der Waals surface area contributed by atoms with Gasteiger partial charge in [-0.05, 0) is 54.1 Å². The van der Waals surface area contributed by atoms with Crippen molar-refractivity contribution in [2.45, 2.75) is 25.9 Å². The highest BCUT2D eigenvalue weighted by Crippen LogP contribution is 2.09. The molecule has 0 spiro atoms. The Morgan fingerprint density at radius 3 is 2.40 bits per heavy atom. The summed E-state index contributed by atoms with van der Waals surface area (Å²) in [5.74, 6) is -0.840. The third-order valence-corrected chi connectivity index (χ3v) is 2.90. The van der Waals surface area contributed by atoms with E-state index in [9.17, 15) is 4.79 Å². The highest BCUT2D eigenvalue weighted by Gasteiger charge is 2.25. The highest BCUT2D eigenvalue weighted by atomic mass is 127. The molecule has 0 fully saturated rings. The van der Waals surface area contributed by atoms with Crippen molar-refractivity contribution in [3.63, 3.8) is 0 Å². The normalized spacial score (nSPS) is 11.4. The van der Waals surface area contributed by atoms with E-state index in [4.69, 9.17) is 5.11 Å². The van der Waals surface area contributed by atoms with Crippen LogP contribution in [0.3, 0.4) is 0 Å². The van der Waals surface area contributed by atoms with Gasteiger partial charge in [0.15, 0.2) is 0 Å². The molecule has 0 aliphatic rings. The maximum absolute atomic E-state index is 10.8. The predicted molar refractivity (Wildman–Crippen MR) is 67.7 cm³/mol. The number of carbonyl (C=O) groups is 1. The Bertz CT molecular complexity index is 346. The third-order valence-electron chi connectivity index (χ3n) is 2.18. The standard InChI is InChI=1S/C11H14INO2/c1-11(2,10(14)15)13-7-8-3-5-9(12)6-4-8/h3-6,13H,7H2,1-2H3,(H,14,15). The maximum atomic E-state index is 10.8. The van der Waals surface area contributed by atoms with Crippen molar-refractivity contribution >= 4 is 28.6 Å². The molecule has 2 N–H and O–H groups in total. The fourth-order valence-corrected chi connectivity index (χ4v) is 1.36. The Morgan fingerprint density at radius 2 is 1.93 bits per heavy atom. The molecule has 0 unspecified atom stereocenters. The topological polar surface area (TPSA) is 49.3 Å². The zero-order chi connectivity index (χ0) is 11.5.